The number of aromatic nitrogens is 4. The molecule has 3 aromatic heterocycles. The lowest BCUT2D eigenvalue weighted by molar-refractivity contribution is 0.420. The third kappa shape index (κ3) is 3.09. The van der Waals surface area contributed by atoms with E-state index in [1.54, 1.807) is 13.1 Å². The molecule has 0 saturated carbocycles. The first kappa shape index (κ1) is 17.3. The number of aromatic amines is 1. The number of imidazole rings is 1. The van der Waals surface area contributed by atoms with Crippen molar-refractivity contribution in [1.82, 2.24) is 19.5 Å². The van der Waals surface area contributed by atoms with Crippen LogP contribution >= 0.6 is 23.1 Å². The van der Waals surface area contributed by atoms with Crippen molar-refractivity contribution in [2.75, 3.05) is 5.75 Å². The van der Waals surface area contributed by atoms with Gasteiger partial charge >= 0.3 is 0 Å². The molecule has 0 aliphatic heterocycles. The molecule has 0 radical (unpaired) electrons. The zero-order valence-corrected chi connectivity index (χ0v) is 15.8. The SMILES string of the molecule is Cn1c(SC/C(O)=C(\C#N)c2nc3ccccc3[nH]2)nc2sccc2c1=O. The highest BCUT2D eigenvalue weighted by atomic mass is 32.2. The highest BCUT2D eigenvalue weighted by Gasteiger charge is 2.15. The zero-order chi connectivity index (χ0) is 19.0. The molecular weight excluding hydrogens is 382 g/mol. The first-order chi connectivity index (χ1) is 13.1. The highest BCUT2D eigenvalue weighted by Crippen LogP contribution is 2.25. The van der Waals surface area contributed by atoms with Crippen LogP contribution in [0, 0.1) is 11.3 Å². The minimum atomic E-state index is -0.134. The number of fused-ring (bicyclic) bond motifs is 2. The third-order valence-corrected chi connectivity index (χ3v) is 5.88. The van der Waals surface area contributed by atoms with E-state index in [0.29, 0.717) is 26.7 Å². The fourth-order valence-corrected chi connectivity index (χ4v) is 4.29. The smallest absolute Gasteiger partial charge is 0.262 e. The normalized spacial score (nSPS) is 12.3. The maximum atomic E-state index is 12.3. The van der Waals surface area contributed by atoms with Gasteiger partial charge in [-0.25, -0.2) is 9.97 Å². The summed E-state index contributed by atoms with van der Waals surface area (Å²) in [6.45, 7) is 0. The van der Waals surface area contributed by atoms with E-state index in [2.05, 4.69) is 15.0 Å². The lowest BCUT2D eigenvalue weighted by atomic mass is 10.2. The van der Waals surface area contributed by atoms with Gasteiger partial charge in [-0.05, 0) is 23.6 Å². The van der Waals surface area contributed by atoms with E-state index in [-0.39, 0.29) is 22.6 Å². The van der Waals surface area contributed by atoms with Gasteiger partial charge in [-0.1, -0.05) is 23.9 Å². The van der Waals surface area contributed by atoms with Crippen molar-refractivity contribution in [3.05, 3.63) is 57.6 Å². The number of nitriles is 1. The number of hydrogen-bond acceptors (Lipinski definition) is 7. The fourth-order valence-electron chi connectivity index (χ4n) is 2.64. The van der Waals surface area contributed by atoms with Crippen LogP contribution < -0.4 is 5.56 Å². The average molecular weight is 395 g/mol. The molecule has 2 N–H and O–H groups in total. The van der Waals surface area contributed by atoms with Crippen molar-refractivity contribution in [1.29, 1.82) is 5.26 Å². The van der Waals surface area contributed by atoms with Gasteiger partial charge in [0, 0.05) is 7.05 Å². The lowest BCUT2D eigenvalue weighted by Crippen LogP contribution is -2.19. The molecule has 0 aliphatic rings. The summed E-state index contributed by atoms with van der Waals surface area (Å²) in [6, 6.07) is 11.1. The van der Waals surface area contributed by atoms with Crippen LogP contribution in [-0.2, 0) is 7.05 Å². The maximum absolute atomic E-state index is 12.3. The zero-order valence-electron chi connectivity index (χ0n) is 14.1. The Labute approximate surface area is 161 Å². The standard InChI is InChI=1S/C18H13N5O2S2/c1-23-17(25)10-6-7-26-16(10)22-18(23)27-9-14(24)11(8-19)15-20-12-4-2-3-5-13(12)21-15/h2-7,24H,9H2,1H3,(H,20,21)/b14-11-. The summed E-state index contributed by atoms with van der Waals surface area (Å²) in [5.41, 5.74) is 1.44. The molecule has 27 heavy (non-hydrogen) atoms. The number of para-hydroxylation sites is 2. The van der Waals surface area contributed by atoms with Gasteiger partial charge in [0.05, 0.1) is 22.2 Å². The molecule has 1 aromatic carbocycles. The summed E-state index contributed by atoms with van der Waals surface area (Å²) in [5.74, 6) is 0.284. The predicted octanol–water partition coefficient (Wildman–Crippen LogP) is 3.46. The van der Waals surface area contributed by atoms with Crippen LogP contribution in [0.2, 0.25) is 0 Å². The van der Waals surface area contributed by atoms with Crippen LogP contribution in [0.4, 0.5) is 0 Å². The number of H-pyrrole nitrogens is 1. The molecule has 7 nitrogen and oxygen atoms in total. The number of aliphatic hydroxyl groups excluding tert-OH is 1. The average Bonchev–Trinajstić information content (AvgIpc) is 3.30. The van der Waals surface area contributed by atoms with Gasteiger partial charge in [0.25, 0.3) is 5.56 Å². The molecule has 0 aliphatic carbocycles. The Morgan fingerprint density at radius 3 is 2.96 bits per heavy atom. The van der Waals surface area contributed by atoms with E-state index in [0.717, 1.165) is 5.52 Å². The number of thiophene rings is 1. The van der Waals surface area contributed by atoms with Crippen molar-refractivity contribution in [3.8, 4) is 6.07 Å². The van der Waals surface area contributed by atoms with Gasteiger partial charge in [0.1, 0.15) is 22.2 Å². The minimum absolute atomic E-state index is 0.0703. The second-order valence-corrected chi connectivity index (χ2v) is 7.56. The molecule has 134 valence electrons. The molecule has 3 heterocycles. The predicted molar refractivity (Wildman–Crippen MR) is 107 cm³/mol. The molecule has 0 unspecified atom stereocenters. The van der Waals surface area contributed by atoms with Crippen molar-refractivity contribution in [3.63, 3.8) is 0 Å². The Morgan fingerprint density at radius 2 is 2.19 bits per heavy atom. The van der Waals surface area contributed by atoms with Crippen LogP contribution in [-0.4, -0.2) is 30.4 Å². The summed E-state index contributed by atoms with van der Waals surface area (Å²) >= 11 is 2.58. The first-order valence-electron chi connectivity index (χ1n) is 7.93. The van der Waals surface area contributed by atoms with Gasteiger partial charge in [0.2, 0.25) is 0 Å². The summed E-state index contributed by atoms with van der Waals surface area (Å²) in [7, 11) is 1.64. The number of aliphatic hydroxyl groups is 1. The van der Waals surface area contributed by atoms with Crippen molar-refractivity contribution in [2.45, 2.75) is 5.16 Å². The number of allylic oxidation sites excluding steroid dienone is 1. The Kier molecular flexibility index (Phi) is 4.43. The largest absolute Gasteiger partial charge is 0.510 e. The van der Waals surface area contributed by atoms with Crippen molar-refractivity contribution in [2.24, 2.45) is 7.05 Å². The van der Waals surface area contributed by atoms with Crippen LogP contribution in [0.25, 0.3) is 26.8 Å². The molecule has 0 amide bonds. The molecule has 4 aromatic rings. The quantitative estimate of drug-likeness (QED) is 0.237. The number of hydrogen-bond donors (Lipinski definition) is 2. The van der Waals surface area contributed by atoms with Crippen LogP contribution in [0.5, 0.6) is 0 Å². The monoisotopic (exact) mass is 395 g/mol. The van der Waals surface area contributed by atoms with Crippen LogP contribution in [0.1, 0.15) is 5.82 Å². The van der Waals surface area contributed by atoms with Gasteiger partial charge < -0.3 is 10.1 Å². The molecule has 0 bridgehead atoms. The Bertz CT molecular complexity index is 1260. The number of rotatable bonds is 4. The molecule has 4 rings (SSSR count). The van der Waals surface area contributed by atoms with E-state index >= 15 is 0 Å². The Morgan fingerprint density at radius 1 is 1.37 bits per heavy atom. The minimum Gasteiger partial charge on any atom is -0.510 e. The van der Waals surface area contributed by atoms with Crippen molar-refractivity contribution < 1.29 is 5.11 Å². The van der Waals surface area contributed by atoms with E-state index in [9.17, 15) is 15.2 Å². The summed E-state index contributed by atoms with van der Waals surface area (Å²) < 4.78 is 1.44. The molecular formula is C18H13N5O2S2. The topological polar surface area (TPSA) is 108 Å². The summed E-state index contributed by atoms with van der Waals surface area (Å²) in [4.78, 5) is 24.8. The highest BCUT2D eigenvalue weighted by molar-refractivity contribution is 7.99. The summed E-state index contributed by atoms with van der Waals surface area (Å²) in [6.07, 6.45) is 0. The van der Waals surface area contributed by atoms with E-state index in [4.69, 9.17) is 0 Å². The van der Waals surface area contributed by atoms with Crippen LogP contribution in [0.3, 0.4) is 0 Å². The number of nitrogens with zero attached hydrogens (tertiary/aromatic N) is 4. The van der Waals surface area contributed by atoms with Gasteiger partial charge in [-0.2, -0.15) is 5.26 Å². The number of benzene rings is 1. The molecule has 0 atom stereocenters. The molecule has 0 fully saturated rings. The molecule has 0 saturated heterocycles. The third-order valence-electron chi connectivity index (χ3n) is 4.03. The number of nitrogens with one attached hydrogen (secondary N) is 1. The van der Waals surface area contributed by atoms with E-state index < -0.39 is 0 Å². The summed E-state index contributed by atoms with van der Waals surface area (Å²) in [5, 5.41) is 22.8. The molecule has 0 spiro atoms. The van der Waals surface area contributed by atoms with E-state index in [1.165, 1.54) is 27.7 Å². The van der Waals surface area contributed by atoms with Crippen LogP contribution in [0.15, 0.2) is 51.4 Å². The maximum Gasteiger partial charge on any atom is 0.262 e. The second kappa shape index (κ2) is 6.90. The van der Waals surface area contributed by atoms with Crippen molar-refractivity contribution >= 4 is 49.9 Å². The Balaban J connectivity index is 1.66. The molecule has 9 heteroatoms. The first-order valence-corrected chi connectivity index (χ1v) is 9.79. The Hall–Kier alpha value is -3.09. The fraction of sp³-hybridized carbons (Fsp3) is 0.111. The van der Waals surface area contributed by atoms with Gasteiger partial charge in [-0.15, -0.1) is 11.3 Å². The van der Waals surface area contributed by atoms with E-state index in [1.807, 2.05) is 35.7 Å². The van der Waals surface area contributed by atoms with Gasteiger partial charge in [-0.3, -0.25) is 9.36 Å². The lowest BCUT2D eigenvalue weighted by Gasteiger charge is -2.07. The van der Waals surface area contributed by atoms with Gasteiger partial charge in [0.15, 0.2) is 11.0 Å². The second-order valence-electron chi connectivity index (χ2n) is 5.72. The number of thioether (sulfide) groups is 1.